The van der Waals surface area contributed by atoms with Gasteiger partial charge in [-0.3, -0.25) is 4.79 Å². The van der Waals surface area contributed by atoms with Crippen molar-refractivity contribution in [3.8, 4) is 11.3 Å². The molecule has 4 aromatic rings. The number of piperazine rings is 1. The lowest BCUT2D eigenvalue weighted by molar-refractivity contribution is 0.0447. The van der Waals surface area contributed by atoms with Crippen molar-refractivity contribution in [2.45, 2.75) is 36.4 Å². The number of sulfonamides is 1. The van der Waals surface area contributed by atoms with Gasteiger partial charge in [-0.2, -0.15) is 4.31 Å². The second-order valence-electron chi connectivity index (χ2n) is 11.6. The fourth-order valence-corrected chi connectivity index (χ4v) is 7.76. The van der Waals surface area contributed by atoms with Gasteiger partial charge in [-0.1, -0.05) is 60.7 Å². The summed E-state index contributed by atoms with van der Waals surface area (Å²) >= 11 is 0. The number of piperidine rings is 1. The highest BCUT2D eigenvalue weighted by Gasteiger charge is 2.38. The minimum absolute atomic E-state index is 0.0916. The van der Waals surface area contributed by atoms with E-state index >= 15 is 0 Å². The van der Waals surface area contributed by atoms with E-state index in [-0.39, 0.29) is 61.2 Å². The van der Waals surface area contributed by atoms with E-state index in [9.17, 15) is 27.9 Å². The maximum absolute atomic E-state index is 14.4. The maximum atomic E-state index is 14.4. The summed E-state index contributed by atoms with van der Waals surface area (Å²) in [6.07, 6.45) is 2.20. The first-order valence-corrected chi connectivity index (χ1v) is 16.7. The maximum Gasteiger partial charge on any atom is 0.407 e. The highest BCUT2D eigenvalue weighted by molar-refractivity contribution is 7.89. The first kappa shape index (κ1) is 32.0. The molecule has 1 N–H and O–H groups in total. The molecule has 2 amide bonds. The molecule has 2 fully saturated rings. The van der Waals surface area contributed by atoms with E-state index in [0.29, 0.717) is 25.0 Å². The molecule has 2 aliphatic rings. The molecule has 0 aliphatic carbocycles. The highest BCUT2D eigenvalue weighted by atomic mass is 32.2. The monoisotopic (exact) mass is 661 g/mol. The molecule has 2 aromatic carbocycles. The number of carboxylic acid groups (broad SMARTS) is 1. The van der Waals surface area contributed by atoms with Crippen LogP contribution in [0.15, 0.2) is 88.6 Å². The summed E-state index contributed by atoms with van der Waals surface area (Å²) in [5, 5.41) is 9.37. The van der Waals surface area contributed by atoms with Crippen LogP contribution >= 0.6 is 0 Å². The van der Waals surface area contributed by atoms with Crippen molar-refractivity contribution in [2.24, 2.45) is 0 Å². The molecule has 4 heterocycles. The van der Waals surface area contributed by atoms with Gasteiger partial charge in [-0.15, -0.1) is 0 Å². The molecular weight excluding hydrogens is 626 g/mol. The number of hydrogen-bond acceptors (Lipinski definition) is 8. The largest absolute Gasteiger partial charge is 0.465 e. The van der Waals surface area contributed by atoms with Gasteiger partial charge in [0.05, 0.1) is 25.2 Å². The average molecular weight is 662 g/mol. The number of esters is 1. The topological polar surface area (TPSA) is 155 Å². The van der Waals surface area contributed by atoms with Crippen LogP contribution in [0.1, 0.15) is 45.5 Å². The van der Waals surface area contributed by atoms with Crippen LogP contribution in [-0.2, 0) is 21.2 Å². The number of imidazole rings is 1. The summed E-state index contributed by atoms with van der Waals surface area (Å²) in [4.78, 5) is 45.8. The summed E-state index contributed by atoms with van der Waals surface area (Å²) in [5.74, 6) is -1.31. The number of amides is 2. The van der Waals surface area contributed by atoms with Crippen LogP contribution in [-0.4, -0.2) is 101 Å². The van der Waals surface area contributed by atoms with Crippen molar-refractivity contribution in [3.05, 3.63) is 96.1 Å². The third kappa shape index (κ3) is 6.51. The fourth-order valence-electron chi connectivity index (χ4n) is 6.33. The molecule has 2 aliphatic heterocycles. The summed E-state index contributed by atoms with van der Waals surface area (Å²) in [6.45, 7) is 0.887. The molecule has 47 heavy (non-hydrogen) atoms. The second kappa shape index (κ2) is 13.4. The molecule has 0 saturated carbocycles. The Morgan fingerprint density at radius 2 is 1.68 bits per heavy atom. The molecule has 6 rings (SSSR count). The molecule has 0 radical (unpaired) electrons. The van der Waals surface area contributed by atoms with Crippen LogP contribution in [0.3, 0.4) is 0 Å². The number of nitrogens with zero attached hydrogens (tertiary/aromatic N) is 5. The number of carbonyl (C=O) groups excluding carboxylic acids is 2. The average Bonchev–Trinajstić information content (AvgIpc) is 3.78. The van der Waals surface area contributed by atoms with Crippen LogP contribution in [0.4, 0.5) is 4.79 Å². The Balaban J connectivity index is 1.32. The SMILES string of the molecule is COC(=O)c1ccc(S(=O)(=O)N2CCCC(n3cnc(C(=O)N4CCN(C(=O)O)C[C@H]4Cc4ccccc4)c3-c3ccccc3)C2)o1. The molecule has 0 spiro atoms. The lowest BCUT2D eigenvalue weighted by Gasteiger charge is -2.40. The number of benzene rings is 2. The Morgan fingerprint density at radius 1 is 0.957 bits per heavy atom. The fraction of sp³-hybridized carbons (Fsp3) is 0.333. The van der Waals surface area contributed by atoms with Gasteiger partial charge < -0.3 is 28.6 Å². The minimum atomic E-state index is -4.08. The lowest BCUT2D eigenvalue weighted by atomic mass is 10.0. The first-order valence-electron chi connectivity index (χ1n) is 15.3. The van der Waals surface area contributed by atoms with E-state index < -0.39 is 28.1 Å². The molecule has 1 unspecified atom stereocenters. The molecule has 13 nitrogen and oxygen atoms in total. The zero-order chi connectivity index (χ0) is 33.1. The summed E-state index contributed by atoms with van der Waals surface area (Å²) in [6, 6.07) is 20.7. The van der Waals surface area contributed by atoms with Gasteiger partial charge in [-0.25, -0.2) is 23.0 Å². The molecule has 246 valence electrons. The molecule has 0 bridgehead atoms. The van der Waals surface area contributed by atoms with Crippen molar-refractivity contribution in [1.82, 2.24) is 23.7 Å². The predicted molar refractivity (Wildman–Crippen MR) is 169 cm³/mol. The number of aromatic nitrogens is 2. The standard InChI is InChI=1S/C33H35N5O8S/c1-45-32(40)27-14-15-28(46-27)47(43,44)36-16-8-13-25(21-36)38-22-34-29(30(38)24-11-6-3-7-12-24)31(39)37-18-17-35(33(41)42)20-26(37)19-23-9-4-2-5-10-23/h2-7,9-12,14-15,22,25-26H,8,13,16-21H2,1H3,(H,41,42)/t25?,26-/m1/s1. The van der Waals surface area contributed by atoms with Crippen LogP contribution in [0.2, 0.25) is 0 Å². The molecular formula is C33H35N5O8S. The van der Waals surface area contributed by atoms with E-state index in [2.05, 4.69) is 9.72 Å². The molecule has 14 heteroatoms. The van der Waals surface area contributed by atoms with Crippen molar-refractivity contribution in [1.29, 1.82) is 0 Å². The van der Waals surface area contributed by atoms with Crippen molar-refractivity contribution in [2.75, 3.05) is 39.8 Å². The van der Waals surface area contributed by atoms with Gasteiger partial charge in [0.2, 0.25) is 10.9 Å². The van der Waals surface area contributed by atoms with E-state index in [0.717, 1.165) is 11.1 Å². The van der Waals surface area contributed by atoms with Crippen LogP contribution in [0, 0.1) is 0 Å². The van der Waals surface area contributed by atoms with E-state index in [1.54, 1.807) is 11.2 Å². The van der Waals surface area contributed by atoms with Gasteiger partial charge in [-0.05, 0) is 37.0 Å². The Bertz CT molecular complexity index is 1860. The first-order chi connectivity index (χ1) is 22.7. The van der Waals surface area contributed by atoms with E-state index in [1.165, 1.54) is 28.4 Å². The number of rotatable bonds is 8. The summed E-state index contributed by atoms with van der Waals surface area (Å²) in [5.41, 5.74) is 2.50. The zero-order valence-electron chi connectivity index (χ0n) is 25.8. The Kier molecular flexibility index (Phi) is 9.14. The number of ether oxygens (including phenoxy) is 1. The van der Waals surface area contributed by atoms with Crippen molar-refractivity contribution >= 4 is 28.0 Å². The molecule has 2 saturated heterocycles. The number of hydrogen-bond donors (Lipinski definition) is 1. The highest BCUT2D eigenvalue weighted by Crippen LogP contribution is 2.34. The van der Waals surface area contributed by atoms with Gasteiger partial charge >= 0.3 is 12.1 Å². The third-order valence-electron chi connectivity index (χ3n) is 8.69. The Morgan fingerprint density at radius 3 is 2.38 bits per heavy atom. The summed E-state index contributed by atoms with van der Waals surface area (Å²) < 4.78 is 40.3. The molecule has 2 aromatic heterocycles. The Labute approximate surface area is 272 Å². The van der Waals surface area contributed by atoms with Crippen LogP contribution in [0.25, 0.3) is 11.3 Å². The predicted octanol–water partition coefficient (Wildman–Crippen LogP) is 4.00. The van der Waals surface area contributed by atoms with Gasteiger partial charge in [0.25, 0.3) is 15.9 Å². The number of methoxy groups -OCH3 is 1. The van der Waals surface area contributed by atoms with Gasteiger partial charge in [0.15, 0.2) is 5.69 Å². The lowest BCUT2D eigenvalue weighted by Crippen LogP contribution is -2.57. The smallest absolute Gasteiger partial charge is 0.407 e. The second-order valence-corrected chi connectivity index (χ2v) is 13.4. The van der Waals surface area contributed by atoms with Crippen LogP contribution in [0.5, 0.6) is 0 Å². The number of furan rings is 1. The minimum Gasteiger partial charge on any atom is -0.465 e. The van der Waals surface area contributed by atoms with Crippen LogP contribution < -0.4 is 0 Å². The van der Waals surface area contributed by atoms with Gasteiger partial charge in [0, 0.05) is 44.3 Å². The van der Waals surface area contributed by atoms with E-state index in [1.807, 2.05) is 65.2 Å². The number of carbonyl (C=O) groups is 3. The summed E-state index contributed by atoms with van der Waals surface area (Å²) in [7, 11) is -2.90. The Hall–Kier alpha value is -4.95. The normalized spacial score (nSPS) is 19.0. The molecule has 2 atom stereocenters. The van der Waals surface area contributed by atoms with Gasteiger partial charge in [0.1, 0.15) is 0 Å². The van der Waals surface area contributed by atoms with Crippen molar-refractivity contribution < 1.29 is 37.1 Å². The quantitative estimate of drug-likeness (QED) is 0.276. The van der Waals surface area contributed by atoms with E-state index in [4.69, 9.17) is 4.42 Å². The third-order valence-corrected chi connectivity index (χ3v) is 10.4. The van der Waals surface area contributed by atoms with Crippen molar-refractivity contribution in [3.63, 3.8) is 0 Å². The zero-order valence-corrected chi connectivity index (χ0v) is 26.6.